The van der Waals surface area contributed by atoms with Gasteiger partial charge in [-0.2, -0.15) is 0 Å². The van der Waals surface area contributed by atoms with Crippen LogP contribution >= 0.6 is 15.9 Å². The second-order valence-corrected chi connectivity index (χ2v) is 5.54. The van der Waals surface area contributed by atoms with Gasteiger partial charge >= 0.3 is 0 Å². The lowest BCUT2D eigenvalue weighted by Crippen LogP contribution is -2.29. The van der Waals surface area contributed by atoms with Gasteiger partial charge in [0, 0.05) is 10.5 Å². The van der Waals surface area contributed by atoms with E-state index in [1.54, 1.807) is 6.07 Å². The molecule has 0 aromatic heterocycles. The number of hydrogen-bond acceptors (Lipinski definition) is 1. The fraction of sp³-hybridized carbons (Fsp3) is 0.600. The smallest absolute Gasteiger partial charge is 0.124 e. The molecule has 102 valence electrons. The van der Waals surface area contributed by atoms with Gasteiger partial charge in [0.25, 0.3) is 0 Å². The third-order valence-electron chi connectivity index (χ3n) is 3.19. The van der Waals surface area contributed by atoms with Crippen molar-refractivity contribution < 1.29 is 4.39 Å². The van der Waals surface area contributed by atoms with E-state index in [2.05, 4.69) is 35.1 Å². The standard InChI is InChI=1S/C15H23BrFN/c1-3-10-18-14(4-2)7-5-6-12-8-9-13(17)11-15(12)16/h8-9,11,14,18H,3-7,10H2,1-2H3. The minimum Gasteiger partial charge on any atom is -0.314 e. The summed E-state index contributed by atoms with van der Waals surface area (Å²) in [6.07, 6.45) is 5.68. The van der Waals surface area contributed by atoms with Crippen molar-refractivity contribution in [3.63, 3.8) is 0 Å². The van der Waals surface area contributed by atoms with Crippen LogP contribution in [0.15, 0.2) is 22.7 Å². The van der Waals surface area contributed by atoms with Crippen molar-refractivity contribution in [2.75, 3.05) is 6.54 Å². The summed E-state index contributed by atoms with van der Waals surface area (Å²) in [5.41, 5.74) is 1.20. The van der Waals surface area contributed by atoms with Crippen LogP contribution in [0.1, 0.15) is 45.1 Å². The molecular formula is C15H23BrFN. The summed E-state index contributed by atoms with van der Waals surface area (Å²) in [7, 11) is 0. The average molecular weight is 316 g/mol. The molecule has 1 nitrogen and oxygen atoms in total. The van der Waals surface area contributed by atoms with E-state index in [9.17, 15) is 4.39 Å². The maximum Gasteiger partial charge on any atom is 0.124 e. The highest BCUT2D eigenvalue weighted by Crippen LogP contribution is 2.20. The average Bonchev–Trinajstić information content (AvgIpc) is 2.36. The summed E-state index contributed by atoms with van der Waals surface area (Å²) >= 11 is 3.42. The first-order valence-corrected chi connectivity index (χ1v) is 7.64. The molecule has 3 heteroatoms. The van der Waals surface area contributed by atoms with Crippen LogP contribution in [-0.4, -0.2) is 12.6 Å². The Morgan fingerprint density at radius 3 is 2.72 bits per heavy atom. The second-order valence-electron chi connectivity index (χ2n) is 4.69. The fourth-order valence-corrected chi connectivity index (χ4v) is 2.61. The first-order chi connectivity index (χ1) is 8.67. The van der Waals surface area contributed by atoms with Crippen LogP contribution in [0.3, 0.4) is 0 Å². The molecule has 0 saturated heterocycles. The van der Waals surface area contributed by atoms with E-state index in [0.29, 0.717) is 6.04 Å². The molecule has 0 fully saturated rings. The molecule has 0 spiro atoms. The molecule has 1 atom stereocenters. The van der Waals surface area contributed by atoms with Crippen molar-refractivity contribution >= 4 is 15.9 Å². The fourth-order valence-electron chi connectivity index (χ4n) is 2.06. The van der Waals surface area contributed by atoms with Gasteiger partial charge in [0.1, 0.15) is 5.82 Å². The van der Waals surface area contributed by atoms with Crippen LogP contribution in [0.25, 0.3) is 0 Å². The van der Waals surface area contributed by atoms with Gasteiger partial charge in [-0.1, -0.05) is 35.8 Å². The Labute approximate surface area is 118 Å². The molecule has 1 aromatic carbocycles. The minimum absolute atomic E-state index is 0.179. The largest absolute Gasteiger partial charge is 0.314 e. The molecule has 0 radical (unpaired) electrons. The summed E-state index contributed by atoms with van der Waals surface area (Å²) in [6.45, 7) is 5.51. The predicted molar refractivity (Wildman–Crippen MR) is 79.4 cm³/mol. The molecule has 0 aliphatic heterocycles. The normalized spacial score (nSPS) is 12.7. The number of benzene rings is 1. The number of halogens is 2. The van der Waals surface area contributed by atoms with Crippen LogP contribution < -0.4 is 5.32 Å². The summed E-state index contributed by atoms with van der Waals surface area (Å²) in [5.74, 6) is -0.179. The monoisotopic (exact) mass is 315 g/mol. The van der Waals surface area contributed by atoms with Crippen molar-refractivity contribution in [2.45, 2.75) is 52.0 Å². The van der Waals surface area contributed by atoms with Crippen LogP contribution in [0.2, 0.25) is 0 Å². The minimum atomic E-state index is -0.179. The van der Waals surface area contributed by atoms with Gasteiger partial charge in [-0.05, 0) is 56.3 Å². The molecule has 0 aliphatic rings. The molecule has 18 heavy (non-hydrogen) atoms. The number of aryl methyl sites for hydroxylation is 1. The molecule has 0 bridgehead atoms. The van der Waals surface area contributed by atoms with Crippen LogP contribution in [0, 0.1) is 5.82 Å². The van der Waals surface area contributed by atoms with Crippen molar-refractivity contribution in [3.05, 3.63) is 34.1 Å². The Hall–Kier alpha value is -0.410. The number of rotatable bonds is 8. The molecule has 1 aromatic rings. The van der Waals surface area contributed by atoms with Gasteiger partial charge in [-0.15, -0.1) is 0 Å². The Bertz CT molecular complexity index is 354. The van der Waals surface area contributed by atoms with Gasteiger partial charge in [-0.25, -0.2) is 4.39 Å². The summed E-state index contributed by atoms with van der Waals surface area (Å²) in [5, 5.41) is 3.56. The van der Waals surface area contributed by atoms with E-state index < -0.39 is 0 Å². The van der Waals surface area contributed by atoms with Crippen molar-refractivity contribution in [1.82, 2.24) is 5.32 Å². The lowest BCUT2D eigenvalue weighted by Gasteiger charge is -2.16. The Morgan fingerprint density at radius 1 is 1.33 bits per heavy atom. The van der Waals surface area contributed by atoms with Gasteiger partial charge in [-0.3, -0.25) is 0 Å². The Morgan fingerprint density at radius 2 is 2.11 bits per heavy atom. The van der Waals surface area contributed by atoms with Crippen molar-refractivity contribution in [2.24, 2.45) is 0 Å². The maximum absolute atomic E-state index is 13.0. The zero-order valence-corrected chi connectivity index (χ0v) is 12.9. The van der Waals surface area contributed by atoms with E-state index in [-0.39, 0.29) is 5.82 Å². The molecule has 0 heterocycles. The van der Waals surface area contributed by atoms with E-state index in [1.165, 1.54) is 30.9 Å². The highest BCUT2D eigenvalue weighted by atomic mass is 79.9. The van der Waals surface area contributed by atoms with E-state index in [1.807, 2.05) is 6.07 Å². The first-order valence-electron chi connectivity index (χ1n) is 6.84. The predicted octanol–water partition coefficient (Wildman–Crippen LogP) is 4.69. The molecule has 0 amide bonds. The van der Waals surface area contributed by atoms with Crippen molar-refractivity contribution in [3.8, 4) is 0 Å². The van der Waals surface area contributed by atoms with E-state index >= 15 is 0 Å². The molecule has 1 unspecified atom stereocenters. The Kier molecular flexibility index (Phi) is 7.52. The first kappa shape index (κ1) is 15.6. The van der Waals surface area contributed by atoms with Gasteiger partial charge in [0.05, 0.1) is 0 Å². The third kappa shape index (κ3) is 5.49. The number of hydrogen-bond donors (Lipinski definition) is 1. The zero-order valence-electron chi connectivity index (χ0n) is 11.3. The third-order valence-corrected chi connectivity index (χ3v) is 3.93. The molecular weight excluding hydrogens is 293 g/mol. The SMILES string of the molecule is CCCNC(CC)CCCc1ccc(F)cc1Br. The summed E-state index contributed by atoms with van der Waals surface area (Å²) in [4.78, 5) is 0. The van der Waals surface area contributed by atoms with Gasteiger partial charge in [0.2, 0.25) is 0 Å². The van der Waals surface area contributed by atoms with Gasteiger partial charge < -0.3 is 5.32 Å². The highest BCUT2D eigenvalue weighted by Gasteiger charge is 2.06. The van der Waals surface area contributed by atoms with Crippen molar-refractivity contribution in [1.29, 1.82) is 0 Å². The lowest BCUT2D eigenvalue weighted by molar-refractivity contribution is 0.455. The van der Waals surface area contributed by atoms with Crippen LogP contribution in [-0.2, 0) is 6.42 Å². The second kappa shape index (κ2) is 8.65. The quantitative estimate of drug-likeness (QED) is 0.734. The molecule has 0 saturated carbocycles. The summed E-state index contributed by atoms with van der Waals surface area (Å²) in [6, 6.07) is 5.57. The van der Waals surface area contributed by atoms with Crippen LogP contribution in [0.4, 0.5) is 4.39 Å². The highest BCUT2D eigenvalue weighted by molar-refractivity contribution is 9.10. The van der Waals surface area contributed by atoms with E-state index in [4.69, 9.17) is 0 Å². The Balaban J connectivity index is 2.35. The topological polar surface area (TPSA) is 12.0 Å². The van der Waals surface area contributed by atoms with Gasteiger partial charge in [0.15, 0.2) is 0 Å². The number of nitrogens with one attached hydrogen (secondary N) is 1. The lowest BCUT2D eigenvalue weighted by atomic mass is 10.0. The zero-order chi connectivity index (χ0) is 13.4. The maximum atomic E-state index is 13.0. The van der Waals surface area contributed by atoms with Crippen LogP contribution in [0.5, 0.6) is 0 Å². The summed E-state index contributed by atoms with van der Waals surface area (Å²) < 4.78 is 13.8. The molecule has 1 N–H and O–H groups in total. The van der Waals surface area contributed by atoms with E-state index in [0.717, 1.165) is 23.9 Å². The molecule has 0 aliphatic carbocycles. The molecule has 1 rings (SSSR count).